The maximum absolute atomic E-state index is 14.4. The Morgan fingerprint density at radius 3 is 2.22 bits per heavy atom. The van der Waals surface area contributed by atoms with Crippen LogP contribution >= 0.6 is 22.7 Å². The van der Waals surface area contributed by atoms with Crippen LogP contribution in [-0.4, -0.2) is 103 Å². The van der Waals surface area contributed by atoms with Gasteiger partial charge in [0.05, 0.1) is 59.5 Å². The second-order valence-corrected chi connectivity index (χ2v) is 23.6. The number of aryl methyl sites for hydroxylation is 3. The lowest BCUT2D eigenvalue weighted by atomic mass is 9.35. The van der Waals surface area contributed by atoms with Crippen LogP contribution in [0.1, 0.15) is 116 Å². The van der Waals surface area contributed by atoms with Gasteiger partial charge in [-0.3, -0.25) is 28.7 Å². The average Bonchev–Trinajstić information content (AvgIpc) is 4.11. The van der Waals surface area contributed by atoms with E-state index in [0.29, 0.717) is 37.6 Å². The van der Waals surface area contributed by atoms with Crippen molar-refractivity contribution in [2.75, 3.05) is 20.3 Å². The van der Waals surface area contributed by atoms with Gasteiger partial charge in [-0.1, -0.05) is 69.3 Å². The number of thiophene rings is 1. The molecule has 0 unspecified atom stereocenters. The number of ether oxygens (including phenoxy) is 2. The molecule has 6 aromatic rings. The molecule has 3 saturated carbocycles. The number of aromatic nitrogens is 5. The van der Waals surface area contributed by atoms with Crippen molar-refractivity contribution < 1.29 is 33.8 Å². The van der Waals surface area contributed by atoms with Crippen LogP contribution in [0.25, 0.3) is 26.6 Å². The van der Waals surface area contributed by atoms with Crippen LogP contribution in [0.4, 0.5) is 0 Å². The highest BCUT2D eigenvalue weighted by molar-refractivity contribution is 7.15. The van der Waals surface area contributed by atoms with E-state index in [9.17, 15) is 24.3 Å². The predicted molar refractivity (Wildman–Crippen MR) is 279 cm³/mol. The number of aliphatic imine (C=N–C) groups is 1. The molecular weight excluding hydrogens is 963 g/mol. The quantitative estimate of drug-likeness (QED) is 0.0890. The number of likely N-dealkylation sites (tertiary alicyclic amines) is 1. The van der Waals surface area contributed by atoms with Gasteiger partial charge in [0.2, 0.25) is 23.6 Å². The molecule has 5 atom stereocenters. The van der Waals surface area contributed by atoms with Gasteiger partial charge in [-0.2, -0.15) is 0 Å². The number of hydrogen-bond acceptors (Lipinski definition) is 14. The molecule has 18 heteroatoms. The van der Waals surface area contributed by atoms with E-state index in [1.807, 2.05) is 112 Å². The molecule has 3 N–H and O–H groups in total. The first-order valence-electron chi connectivity index (χ1n) is 24.7. The van der Waals surface area contributed by atoms with Crippen molar-refractivity contribution >= 4 is 52.1 Å². The van der Waals surface area contributed by atoms with Gasteiger partial charge in [-0.15, -0.1) is 32.9 Å². The van der Waals surface area contributed by atoms with Crippen molar-refractivity contribution in [2.45, 2.75) is 118 Å². The van der Waals surface area contributed by atoms with E-state index in [1.54, 1.807) is 28.9 Å². The van der Waals surface area contributed by atoms with Gasteiger partial charge in [-0.25, -0.2) is 9.97 Å². The fraction of sp³-hybridized carbons (Fsp3) is 0.436. The SMILES string of the molecule is COC(=O)C[C@@H]1N=C(c2ccc(-c3ccc(OCC45CC(C(=O)N[C@H](C(=O)N6C[C@H](O)C[C@H]6C(=O)N[C@@H](C)c6ccc(-c7scnc7C)cc6)C(C)(C)C)(C4)C5)nc3)cc2)c2c(sc(C)c2C)-n2c(C)nnc21. The third kappa shape index (κ3) is 9.26. The van der Waals surface area contributed by atoms with Crippen molar-refractivity contribution in [3.8, 4) is 32.4 Å². The number of methoxy groups -OCH3 is 1. The first kappa shape index (κ1) is 49.9. The normalized spacial score (nSPS) is 22.6. The summed E-state index contributed by atoms with van der Waals surface area (Å²) in [7, 11) is 1.37. The topological polar surface area (TPSA) is 203 Å². The minimum absolute atomic E-state index is 0.00360. The average molecular weight is 1020 g/mol. The highest BCUT2D eigenvalue weighted by Crippen LogP contribution is 2.73. The van der Waals surface area contributed by atoms with Crippen molar-refractivity contribution in [2.24, 2.45) is 21.2 Å². The van der Waals surface area contributed by atoms with Gasteiger partial charge >= 0.3 is 5.97 Å². The molecule has 2 aliphatic heterocycles. The van der Waals surface area contributed by atoms with Crippen LogP contribution in [0, 0.1) is 43.9 Å². The van der Waals surface area contributed by atoms with Crippen LogP contribution in [-0.2, 0) is 23.9 Å². The van der Waals surface area contributed by atoms with E-state index < -0.39 is 35.1 Å². The molecule has 5 aliphatic rings. The monoisotopic (exact) mass is 1020 g/mol. The number of aliphatic hydroxyl groups is 1. The fourth-order valence-corrected chi connectivity index (χ4v) is 13.2. The summed E-state index contributed by atoms with van der Waals surface area (Å²) in [5.41, 5.74) is 9.01. The number of nitrogens with zero attached hydrogens (tertiary/aromatic N) is 7. The molecule has 6 heterocycles. The maximum atomic E-state index is 14.4. The lowest BCUT2D eigenvalue weighted by molar-refractivity contribution is -0.218. The first-order chi connectivity index (χ1) is 34.8. The molecule has 0 radical (unpaired) electrons. The summed E-state index contributed by atoms with van der Waals surface area (Å²) in [5, 5.41) is 26.7. The van der Waals surface area contributed by atoms with Gasteiger partial charge in [0.15, 0.2) is 5.82 Å². The third-order valence-corrected chi connectivity index (χ3v) is 17.4. The zero-order chi connectivity index (χ0) is 51.7. The molecule has 3 amide bonds. The molecule has 11 rings (SSSR count). The highest BCUT2D eigenvalue weighted by Gasteiger charge is 2.72. The summed E-state index contributed by atoms with van der Waals surface area (Å²) >= 11 is 3.24. The number of esters is 1. The number of carbonyl (C=O) groups is 4. The minimum atomic E-state index is -0.910. The van der Waals surface area contributed by atoms with Gasteiger partial charge in [0, 0.05) is 52.2 Å². The van der Waals surface area contributed by atoms with Crippen LogP contribution in [0.3, 0.4) is 0 Å². The predicted octanol–water partition coefficient (Wildman–Crippen LogP) is 8.12. The second kappa shape index (κ2) is 19.0. The number of thiazole rings is 1. The molecule has 380 valence electrons. The Morgan fingerprint density at radius 2 is 1.58 bits per heavy atom. The number of β-amino-alcohol motifs (C(OH)–C–C–N with tert-alkyl or cyclic N) is 1. The number of hydrogen-bond donors (Lipinski definition) is 3. The number of aliphatic hydroxyl groups excluding tert-OH is 1. The number of fused-ring (bicyclic) bond motifs is 3. The van der Waals surface area contributed by atoms with E-state index in [0.717, 1.165) is 70.9 Å². The van der Waals surface area contributed by atoms with E-state index in [4.69, 9.17) is 14.5 Å². The molecule has 73 heavy (non-hydrogen) atoms. The van der Waals surface area contributed by atoms with Crippen LogP contribution in [0.15, 0.2) is 77.4 Å². The molecule has 4 fully saturated rings. The van der Waals surface area contributed by atoms with Crippen molar-refractivity contribution in [3.63, 3.8) is 0 Å². The van der Waals surface area contributed by atoms with E-state index in [-0.39, 0.29) is 54.5 Å². The maximum Gasteiger partial charge on any atom is 0.308 e. The molecule has 1 saturated heterocycles. The summed E-state index contributed by atoms with van der Waals surface area (Å²) in [5.74, 6) is 0.540. The Balaban J connectivity index is 0.747. The number of benzene rings is 2. The van der Waals surface area contributed by atoms with Crippen molar-refractivity contribution in [1.29, 1.82) is 0 Å². The standard InChI is InChI=1S/C55H61N9O7S2/c1-29-32(4)73-51-44(29)45(59-40(21-43(66)70-9)48-62-61-33(5)64(48)51)36-14-12-35(13-15-36)38-18-19-42(56-22-38)71-27-54-24-55(25-54,26-54)52(69)60-47(53(6,7)8)50(68)63-23-39(65)20-41(63)49(67)58-30(2)34-10-16-37(17-11-34)46-31(3)57-28-72-46/h10-19,22,28,30,39-41,47,65H,20-21,23-27H2,1-9H3,(H,58,67)(H,60,69)/t30-,39+,40-,41-,47+,54?,55?/m0/s1. The van der Waals surface area contributed by atoms with Crippen LogP contribution < -0.4 is 15.4 Å². The molecule has 0 spiro atoms. The third-order valence-electron chi connectivity index (χ3n) is 15.2. The Kier molecular flexibility index (Phi) is 13.0. The van der Waals surface area contributed by atoms with Crippen LogP contribution in [0.5, 0.6) is 5.88 Å². The van der Waals surface area contributed by atoms with Gasteiger partial charge < -0.3 is 30.1 Å². The zero-order valence-corrected chi connectivity index (χ0v) is 44.2. The molecule has 2 bridgehead atoms. The largest absolute Gasteiger partial charge is 0.477 e. The smallest absolute Gasteiger partial charge is 0.308 e. The van der Waals surface area contributed by atoms with Crippen molar-refractivity contribution in [3.05, 3.63) is 117 Å². The number of pyridine rings is 1. The van der Waals surface area contributed by atoms with E-state index >= 15 is 0 Å². The Morgan fingerprint density at radius 1 is 0.890 bits per heavy atom. The molecule has 2 aromatic carbocycles. The van der Waals surface area contributed by atoms with E-state index in [1.165, 1.54) is 12.0 Å². The summed E-state index contributed by atoms with van der Waals surface area (Å²) in [6.07, 6.45) is 2.97. The van der Waals surface area contributed by atoms with Crippen LogP contribution in [0.2, 0.25) is 0 Å². The van der Waals surface area contributed by atoms with Gasteiger partial charge in [0.25, 0.3) is 0 Å². The Hall–Kier alpha value is -6.63. The second-order valence-electron chi connectivity index (χ2n) is 21.5. The Labute approximate surface area is 432 Å². The fourth-order valence-electron chi connectivity index (χ4n) is 11.1. The molecule has 4 aromatic heterocycles. The summed E-state index contributed by atoms with van der Waals surface area (Å²) in [6, 6.07) is 17.3. The number of nitrogens with one attached hydrogen (secondary N) is 2. The van der Waals surface area contributed by atoms with Gasteiger partial charge in [0.1, 0.15) is 29.0 Å². The highest BCUT2D eigenvalue weighted by atomic mass is 32.1. The Bertz CT molecular complexity index is 3130. The summed E-state index contributed by atoms with van der Waals surface area (Å²) in [6.45, 7) is 16.1. The minimum Gasteiger partial charge on any atom is -0.477 e. The first-order valence-corrected chi connectivity index (χ1v) is 26.4. The lowest BCUT2D eigenvalue weighted by Crippen LogP contribution is -2.71. The number of amides is 3. The molecular formula is C55H61N9O7S2. The van der Waals surface area contributed by atoms with Crippen molar-refractivity contribution in [1.82, 2.24) is 40.3 Å². The molecule has 3 aliphatic carbocycles. The number of carbonyl (C=O) groups excluding carboxylic acids is 4. The van der Waals surface area contributed by atoms with E-state index in [2.05, 4.69) is 44.6 Å². The lowest BCUT2D eigenvalue weighted by Gasteiger charge is -2.69. The number of rotatable bonds is 14. The summed E-state index contributed by atoms with van der Waals surface area (Å²) < 4.78 is 13.3. The zero-order valence-electron chi connectivity index (χ0n) is 42.6. The van der Waals surface area contributed by atoms with Gasteiger partial charge in [-0.05, 0) is 87.6 Å². The summed E-state index contributed by atoms with van der Waals surface area (Å²) in [4.78, 5) is 72.7. The molecule has 16 nitrogen and oxygen atoms in total.